The number of furan rings is 1. The van der Waals surface area contributed by atoms with E-state index < -0.39 is 0 Å². The van der Waals surface area contributed by atoms with E-state index in [-0.39, 0.29) is 11.9 Å². The number of ether oxygens (including phenoxy) is 1. The normalized spacial score (nSPS) is 19.7. The van der Waals surface area contributed by atoms with Gasteiger partial charge in [-0.2, -0.15) is 0 Å². The lowest BCUT2D eigenvalue weighted by molar-refractivity contribution is 0.0362. The Kier molecular flexibility index (Phi) is 4.10. The molecular formula is C14H19N3O4. The molecule has 1 aromatic rings. The van der Waals surface area contributed by atoms with Crippen LogP contribution in [0.3, 0.4) is 0 Å². The molecule has 0 aliphatic carbocycles. The molecule has 0 unspecified atom stereocenters. The van der Waals surface area contributed by atoms with Gasteiger partial charge in [0.1, 0.15) is 6.26 Å². The van der Waals surface area contributed by atoms with Crippen LogP contribution >= 0.6 is 0 Å². The molecule has 0 saturated carbocycles. The third kappa shape index (κ3) is 3.02. The molecule has 1 aromatic heterocycles. The van der Waals surface area contributed by atoms with Gasteiger partial charge in [0.05, 0.1) is 25.0 Å². The summed E-state index contributed by atoms with van der Waals surface area (Å²) in [5.74, 6) is -0.0396. The molecule has 2 aliphatic rings. The topological polar surface area (TPSA) is 66.2 Å². The molecule has 0 aromatic carbocycles. The van der Waals surface area contributed by atoms with E-state index in [1.54, 1.807) is 11.0 Å². The highest BCUT2D eigenvalue weighted by Gasteiger charge is 2.28. The zero-order chi connectivity index (χ0) is 14.7. The van der Waals surface area contributed by atoms with E-state index in [0.29, 0.717) is 58.0 Å². The predicted molar refractivity (Wildman–Crippen MR) is 74.0 cm³/mol. The van der Waals surface area contributed by atoms with Gasteiger partial charge in [0.15, 0.2) is 0 Å². The maximum atomic E-state index is 12.3. The molecule has 7 nitrogen and oxygen atoms in total. The van der Waals surface area contributed by atoms with Crippen molar-refractivity contribution >= 4 is 11.9 Å². The zero-order valence-electron chi connectivity index (χ0n) is 11.9. The van der Waals surface area contributed by atoms with E-state index in [1.165, 1.54) is 12.5 Å². The Labute approximate surface area is 123 Å². The van der Waals surface area contributed by atoms with E-state index >= 15 is 0 Å². The van der Waals surface area contributed by atoms with Crippen LogP contribution < -0.4 is 0 Å². The first-order chi connectivity index (χ1) is 10.3. The van der Waals surface area contributed by atoms with Crippen molar-refractivity contribution in [3.63, 3.8) is 0 Å². The molecule has 0 radical (unpaired) electrons. The first-order valence-corrected chi connectivity index (χ1v) is 7.19. The van der Waals surface area contributed by atoms with Gasteiger partial charge < -0.3 is 23.9 Å². The summed E-state index contributed by atoms with van der Waals surface area (Å²) in [6, 6.07) is 1.71. The van der Waals surface area contributed by atoms with Crippen molar-refractivity contribution in [1.29, 1.82) is 0 Å². The Hall–Kier alpha value is -2.02. The highest BCUT2D eigenvalue weighted by atomic mass is 16.5. The third-order valence-corrected chi connectivity index (χ3v) is 3.89. The number of nitrogens with zero attached hydrogens (tertiary/aromatic N) is 3. The molecule has 2 saturated heterocycles. The largest absolute Gasteiger partial charge is 0.472 e. The molecule has 3 amide bonds. The minimum atomic E-state index is -0.0396. The van der Waals surface area contributed by atoms with Gasteiger partial charge in [0.2, 0.25) is 0 Å². The summed E-state index contributed by atoms with van der Waals surface area (Å²) in [5, 5.41) is 0. The second-order valence-corrected chi connectivity index (χ2v) is 5.17. The smallest absolute Gasteiger partial charge is 0.320 e. The van der Waals surface area contributed by atoms with Gasteiger partial charge in [0, 0.05) is 39.3 Å². The van der Waals surface area contributed by atoms with Crippen molar-refractivity contribution in [3.8, 4) is 0 Å². The molecule has 2 fully saturated rings. The summed E-state index contributed by atoms with van der Waals surface area (Å²) in [6.45, 7) is 4.75. The molecule has 2 aliphatic heterocycles. The second kappa shape index (κ2) is 6.17. The molecule has 3 heterocycles. The zero-order valence-corrected chi connectivity index (χ0v) is 11.9. The van der Waals surface area contributed by atoms with Crippen LogP contribution in [0.25, 0.3) is 0 Å². The summed E-state index contributed by atoms with van der Waals surface area (Å²) in [6.07, 6.45) is 2.94. The van der Waals surface area contributed by atoms with Gasteiger partial charge in [-0.15, -0.1) is 0 Å². The SMILES string of the molecule is O=C(c1ccoc1)N1CCN(C(=O)N2CCOCC2)CC1. The quantitative estimate of drug-likeness (QED) is 0.756. The van der Waals surface area contributed by atoms with E-state index in [0.717, 1.165) is 0 Å². The molecule has 7 heteroatoms. The van der Waals surface area contributed by atoms with E-state index in [4.69, 9.17) is 9.15 Å². The van der Waals surface area contributed by atoms with Crippen molar-refractivity contribution in [2.24, 2.45) is 0 Å². The van der Waals surface area contributed by atoms with Crippen molar-refractivity contribution in [2.45, 2.75) is 0 Å². The van der Waals surface area contributed by atoms with Crippen LogP contribution in [0.2, 0.25) is 0 Å². The van der Waals surface area contributed by atoms with Crippen LogP contribution in [0.4, 0.5) is 4.79 Å². The Bertz CT molecular complexity index is 488. The van der Waals surface area contributed by atoms with E-state index in [2.05, 4.69) is 0 Å². The highest BCUT2D eigenvalue weighted by molar-refractivity contribution is 5.94. The molecule has 0 atom stereocenters. The Morgan fingerprint density at radius 1 is 0.905 bits per heavy atom. The first kappa shape index (κ1) is 13.9. The van der Waals surface area contributed by atoms with Crippen LogP contribution in [-0.4, -0.2) is 79.1 Å². The van der Waals surface area contributed by atoms with E-state index in [9.17, 15) is 9.59 Å². The average Bonchev–Trinajstić information content (AvgIpc) is 3.09. The maximum Gasteiger partial charge on any atom is 0.320 e. The summed E-state index contributed by atoms with van der Waals surface area (Å²) in [5.41, 5.74) is 0.558. The van der Waals surface area contributed by atoms with Crippen LogP contribution in [0.15, 0.2) is 23.0 Å². The first-order valence-electron chi connectivity index (χ1n) is 7.19. The number of urea groups is 1. The van der Waals surface area contributed by atoms with Crippen LogP contribution in [0.1, 0.15) is 10.4 Å². The van der Waals surface area contributed by atoms with Gasteiger partial charge in [-0.3, -0.25) is 4.79 Å². The highest BCUT2D eigenvalue weighted by Crippen LogP contribution is 2.11. The minimum Gasteiger partial charge on any atom is -0.472 e. The number of hydrogen-bond donors (Lipinski definition) is 0. The second-order valence-electron chi connectivity index (χ2n) is 5.17. The lowest BCUT2D eigenvalue weighted by Crippen LogP contribution is -2.55. The van der Waals surface area contributed by atoms with Crippen molar-refractivity contribution in [3.05, 3.63) is 24.2 Å². The molecular weight excluding hydrogens is 274 g/mol. The number of amides is 3. The molecule has 0 bridgehead atoms. The van der Waals surface area contributed by atoms with Crippen molar-refractivity contribution in [2.75, 3.05) is 52.5 Å². The molecule has 21 heavy (non-hydrogen) atoms. The summed E-state index contributed by atoms with van der Waals surface area (Å²) < 4.78 is 10.2. The predicted octanol–water partition coefficient (Wildman–Crippen LogP) is 0.490. The Balaban J connectivity index is 1.52. The Morgan fingerprint density at radius 2 is 1.52 bits per heavy atom. The molecule has 3 rings (SSSR count). The molecule has 0 N–H and O–H groups in total. The number of hydrogen-bond acceptors (Lipinski definition) is 4. The fraction of sp³-hybridized carbons (Fsp3) is 0.571. The standard InChI is InChI=1S/C14H19N3O4/c18-13(12-1-8-21-11-12)15-2-4-16(5-3-15)14(19)17-6-9-20-10-7-17/h1,8,11H,2-7,9-10H2. The lowest BCUT2D eigenvalue weighted by atomic mass is 10.2. The fourth-order valence-corrected chi connectivity index (χ4v) is 2.62. The number of piperazine rings is 1. The number of carbonyl (C=O) groups is 2. The maximum absolute atomic E-state index is 12.3. The fourth-order valence-electron chi connectivity index (χ4n) is 2.62. The van der Waals surface area contributed by atoms with Crippen molar-refractivity contribution in [1.82, 2.24) is 14.7 Å². The Morgan fingerprint density at radius 3 is 2.14 bits per heavy atom. The average molecular weight is 293 g/mol. The summed E-state index contributed by atoms with van der Waals surface area (Å²) in [4.78, 5) is 29.9. The number of rotatable bonds is 1. The molecule has 0 spiro atoms. The lowest BCUT2D eigenvalue weighted by Gasteiger charge is -2.38. The van der Waals surface area contributed by atoms with Gasteiger partial charge in [0.25, 0.3) is 5.91 Å². The van der Waals surface area contributed by atoms with Crippen LogP contribution in [-0.2, 0) is 4.74 Å². The molecule has 114 valence electrons. The van der Waals surface area contributed by atoms with Crippen molar-refractivity contribution < 1.29 is 18.7 Å². The third-order valence-electron chi connectivity index (χ3n) is 3.89. The van der Waals surface area contributed by atoms with Crippen LogP contribution in [0, 0.1) is 0 Å². The van der Waals surface area contributed by atoms with Gasteiger partial charge in [-0.05, 0) is 6.07 Å². The summed E-state index contributed by atoms with van der Waals surface area (Å²) in [7, 11) is 0. The van der Waals surface area contributed by atoms with Gasteiger partial charge in [-0.1, -0.05) is 0 Å². The minimum absolute atomic E-state index is 0.0396. The number of morpholine rings is 1. The van der Waals surface area contributed by atoms with Crippen LogP contribution in [0.5, 0.6) is 0 Å². The summed E-state index contributed by atoms with van der Waals surface area (Å²) >= 11 is 0. The van der Waals surface area contributed by atoms with E-state index in [1.807, 2.05) is 9.80 Å². The number of carbonyl (C=O) groups excluding carboxylic acids is 2. The van der Waals surface area contributed by atoms with Gasteiger partial charge >= 0.3 is 6.03 Å². The van der Waals surface area contributed by atoms with Gasteiger partial charge in [-0.25, -0.2) is 4.79 Å². The monoisotopic (exact) mass is 293 g/mol.